The molecule has 0 saturated carbocycles. The van der Waals surface area contributed by atoms with E-state index in [9.17, 15) is 0 Å². The van der Waals surface area contributed by atoms with Crippen LogP contribution in [0.15, 0.2) is 60.9 Å². The molecule has 0 aliphatic carbocycles. The third kappa shape index (κ3) is 3.70. The van der Waals surface area contributed by atoms with E-state index in [2.05, 4.69) is 9.97 Å². The van der Waals surface area contributed by atoms with Crippen molar-refractivity contribution in [2.45, 2.75) is 6.92 Å². The molecule has 1 heterocycles. The highest BCUT2D eigenvalue weighted by Crippen LogP contribution is 2.23. The van der Waals surface area contributed by atoms with Gasteiger partial charge in [-0.15, -0.1) is 0 Å². The van der Waals surface area contributed by atoms with Crippen LogP contribution in [0.5, 0.6) is 11.5 Å². The fraction of sp³-hybridized carbons (Fsp3) is 0.158. The Balaban J connectivity index is 1.76. The van der Waals surface area contributed by atoms with Gasteiger partial charge in [0.15, 0.2) is 11.6 Å². The zero-order valence-corrected chi connectivity index (χ0v) is 13.6. The van der Waals surface area contributed by atoms with Crippen molar-refractivity contribution in [2.24, 2.45) is 0 Å². The highest BCUT2D eigenvalue weighted by atomic mass is 17.2. The van der Waals surface area contributed by atoms with Crippen LogP contribution in [0.2, 0.25) is 0 Å². The number of aromatic nitrogens is 2. The Kier molecular flexibility index (Phi) is 5.03. The second-order valence-electron chi connectivity index (χ2n) is 5.04. The van der Waals surface area contributed by atoms with Crippen LogP contribution in [-0.2, 0) is 4.89 Å². The first-order valence-electron chi connectivity index (χ1n) is 7.66. The number of ether oxygens (including phenoxy) is 1. The molecule has 3 rings (SSSR count). The van der Waals surface area contributed by atoms with E-state index in [4.69, 9.17) is 14.5 Å². The normalized spacial score (nSPS) is 10.4. The monoisotopic (exact) mass is 322 g/mol. The molecule has 5 heteroatoms. The van der Waals surface area contributed by atoms with Crippen LogP contribution in [0.3, 0.4) is 0 Å². The van der Waals surface area contributed by atoms with E-state index in [1.165, 1.54) is 0 Å². The number of benzene rings is 2. The molecule has 5 nitrogen and oxygen atoms in total. The Morgan fingerprint density at radius 3 is 1.92 bits per heavy atom. The molecule has 0 N–H and O–H groups in total. The minimum atomic E-state index is 0.498. The quantitative estimate of drug-likeness (QED) is 0.504. The lowest BCUT2D eigenvalue weighted by molar-refractivity contribution is -0.202. The number of hydrogen-bond donors (Lipinski definition) is 0. The van der Waals surface area contributed by atoms with Gasteiger partial charge in [-0.05, 0) is 48.9 Å². The van der Waals surface area contributed by atoms with Gasteiger partial charge in [0.1, 0.15) is 5.75 Å². The number of hydrogen-bond acceptors (Lipinski definition) is 5. The van der Waals surface area contributed by atoms with Gasteiger partial charge in [0, 0.05) is 23.5 Å². The first-order valence-corrected chi connectivity index (χ1v) is 7.66. The lowest BCUT2D eigenvalue weighted by atomic mass is 10.1. The van der Waals surface area contributed by atoms with E-state index in [0.29, 0.717) is 18.2 Å². The van der Waals surface area contributed by atoms with Crippen molar-refractivity contribution < 1.29 is 14.5 Å². The van der Waals surface area contributed by atoms with Crippen molar-refractivity contribution in [2.75, 3.05) is 13.7 Å². The summed E-state index contributed by atoms with van der Waals surface area (Å²) in [5.41, 5.74) is 2.92. The molecule has 24 heavy (non-hydrogen) atoms. The van der Waals surface area contributed by atoms with Gasteiger partial charge in [0.05, 0.1) is 13.7 Å². The van der Waals surface area contributed by atoms with Gasteiger partial charge in [0.25, 0.3) is 0 Å². The summed E-state index contributed by atoms with van der Waals surface area (Å²) in [5, 5.41) is 0. The van der Waals surface area contributed by atoms with Gasteiger partial charge in [-0.3, -0.25) is 0 Å². The van der Waals surface area contributed by atoms with Crippen molar-refractivity contribution >= 4 is 0 Å². The van der Waals surface area contributed by atoms with E-state index in [1.54, 1.807) is 7.11 Å². The predicted molar refractivity (Wildman–Crippen MR) is 91.7 cm³/mol. The molecule has 1 aromatic heterocycles. The van der Waals surface area contributed by atoms with Crippen LogP contribution >= 0.6 is 0 Å². The summed E-state index contributed by atoms with van der Waals surface area (Å²) < 4.78 is 5.17. The van der Waals surface area contributed by atoms with Gasteiger partial charge in [-0.25, -0.2) is 9.97 Å². The summed E-state index contributed by atoms with van der Waals surface area (Å²) in [6, 6.07) is 15.2. The van der Waals surface area contributed by atoms with Crippen LogP contribution in [0.25, 0.3) is 22.5 Å². The third-order valence-electron chi connectivity index (χ3n) is 3.46. The van der Waals surface area contributed by atoms with Crippen molar-refractivity contribution in [3.63, 3.8) is 0 Å². The smallest absolute Gasteiger partial charge is 0.165 e. The maximum atomic E-state index is 5.17. The highest BCUT2D eigenvalue weighted by molar-refractivity contribution is 5.64. The van der Waals surface area contributed by atoms with E-state index in [0.717, 1.165) is 22.4 Å². The Morgan fingerprint density at radius 1 is 0.750 bits per heavy atom. The lowest BCUT2D eigenvalue weighted by Crippen LogP contribution is -1.95. The highest BCUT2D eigenvalue weighted by Gasteiger charge is 2.04. The van der Waals surface area contributed by atoms with Crippen molar-refractivity contribution in [3.8, 4) is 34.0 Å². The van der Waals surface area contributed by atoms with Crippen molar-refractivity contribution in [1.29, 1.82) is 0 Å². The third-order valence-corrected chi connectivity index (χ3v) is 3.46. The summed E-state index contributed by atoms with van der Waals surface area (Å²) in [7, 11) is 1.65. The topological polar surface area (TPSA) is 53.5 Å². The largest absolute Gasteiger partial charge is 0.497 e. The summed E-state index contributed by atoms with van der Waals surface area (Å²) in [6.45, 7) is 2.37. The maximum absolute atomic E-state index is 5.17. The zero-order valence-electron chi connectivity index (χ0n) is 13.6. The molecule has 0 bridgehead atoms. The van der Waals surface area contributed by atoms with Crippen LogP contribution < -0.4 is 9.62 Å². The van der Waals surface area contributed by atoms with Crippen LogP contribution in [0.4, 0.5) is 0 Å². The summed E-state index contributed by atoms with van der Waals surface area (Å²) in [5.74, 6) is 2.14. The van der Waals surface area contributed by atoms with E-state index >= 15 is 0 Å². The number of methoxy groups -OCH3 is 1. The molecule has 0 unspecified atom stereocenters. The number of rotatable bonds is 6. The first-order chi connectivity index (χ1) is 11.8. The van der Waals surface area contributed by atoms with Crippen LogP contribution in [0.1, 0.15) is 6.92 Å². The maximum Gasteiger partial charge on any atom is 0.165 e. The molecule has 0 atom stereocenters. The van der Waals surface area contributed by atoms with Gasteiger partial charge in [-0.1, -0.05) is 12.1 Å². The second-order valence-corrected chi connectivity index (χ2v) is 5.04. The molecule has 2 aromatic carbocycles. The van der Waals surface area contributed by atoms with Crippen LogP contribution in [0, 0.1) is 0 Å². The Morgan fingerprint density at radius 2 is 1.33 bits per heavy atom. The molecule has 0 radical (unpaired) electrons. The van der Waals surface area contributed by atoms with E-state index in [-0.39, 0.29) is 0 Å². The molecular weight excluding hydrogens is 304 g/mol. The van der Waals surface area contributed by atoms with Crippen LogP contribution in [-0.4, -0.2) is 23.7 Å². The summed E-state index contributed by atoms with van der Waals surface area (Å²) in [4.78, 5) is 18.9. The molecule has 0 saturated heterocycles. The van der Waals surface area contributed by atoms with Gasteiger partial charge in [-0.2, -0.15) is 4.89 Å². The Bertz CT molecular complexity index is 769. The summed E-state index contributed by atoms with van der Waals surface area (Å²) >= 11 is 0. The molecule has 3 aromatic rings. The number of nitrogens with zero attached hydrogens (tertiary/aromatic N) is 2. The molecule has 0 fully saturated rings. The van der Waals surface area contributed by atoms with Crippen molar-refractivity contribution in [3.05, 3.63) is 60.9 Å². The predicted octanol–water partition coefficient (Wildman–Crippen LogP) is 4.15. The molecular formula is C19H18N2O3. The molecule has 0 amide bonds. The first kappa shape index (κ1) is 16.0. The van der Waals surface area contributed by atoms with Crippen molar-refractivity contribution in [1.82, 2.24) is 9.97 Å². The average Bonchev–Trinajstić information content (AvgIpc) is 2.67. The molecule has 0 spiro atoms. The summed E-state index contributed by atoms with van der Waals surface area (Å²) in [6.07, 6.45) is 3.63. The van der Waals surface area contributed by atoms with E-state index < -0.39 is 0 Å². The molecule has 0 aliphatic rings. The molecule has 122 valence electrons. The van der Waals surface area contributed by atoms with Gasteiger partial charge >= 0.3 is 0 Å². The van der Waals surface area contributed by atoms with E-state index in [1.807, 2.05) is 67.8 Å². The Hall–Kier alpha value is -2.92. The average molecular weight is 322 g/mol. The zero-order chi connectivity index (χ0) is 16.8. The fourth-order valence-corrected chi connectivity index (χ4v) is 2.20. The minimum Gasteiger partial charge on any atom is -0.497 e. The van der Waals surface area contributed by atoms with Gasteiger partial charge < -0.3 is 9.62 Å². The SMILES string of the molecule is CCOOc1ccc(-c2ncc(-c3ccc(OC)cc3)cn2)cc1. The standard InChI is InChI=1S/C19H18N2O3/c1-3-23-24-18-10-6-15(7-11-18)19-20-12-16(13-21-19)14-4-8-17(22-2)9-5-14/h4-13H,3H2,1-2H3. The second kappa shape index (κ2) is 7.57. The lowest BCUT2D eigenvalue weighted by Gasteiger charge is -2.06. The van der Waals surface area contributed by atoms with Gasteiger partial charge in [0.2, 0.25) is 0 Å². The minimum absolute atomic E-state index is 0.498. The fourth-order valence-electron chi connectivity index (χ4n) is 2.20. The Labute approximate surface area is 140 Å². The molecule has 0 aliphatic heterocycles.